The van der Waals surface area contributed by atoms with Gasteiger partial charge in [-0.2, -0.15) is 17.5 Å². The molecule has 0 aliphatic carbocycles. The molecule has 2 N–H and O–H groups in total. The number of alkyl halides is 3. The summed E-state index contributed by atoms with van der Waals surface area (Å²) in [6, 6.07) is 3.66. The fourth-order valence-corrected chi connectivity index (χ4v) is 3.80. The molecule has 0 saturated carbocycles. The van der Waals surface area contributed by atoms with Gasteiger partial charge >= 0.3 is 6.18 Å². The van der Waals surface area contributed by atoms with Crippen molar-refractivity contribution in [3.8, 4) is 0 Å². The highest BCUT2D eigenvalue weighted by Gasteiger charge is 2.34. The number of rotatable bonds is 4. The van der Waals surface area contributed by atoms with Crippen LogP contribution in [-0.4, -0.2) is 56.3 Å². The number of carbonyl (C=O) groups is 1. The maximum atomic E-state index is 12.7. The molecular weight excluding hydrogens is 335 g/mol. The quantitative estimate of drug-likeness (QED) is 0.856. The molecule has 0 aromatic heterocycles. The molecular formula is C13H16F3N3O3S. The van der Waals surface area contributed by atoms with Crippen LogP contribution < -0.4 is 5.73 Å². The third-order valence-electron chi connectivity index (χ3n) is 3.51. The molecule has 0 bridgehead atoms. The number of carbonyl (C=O) groups excluding carboxylic acids is 1. The molecule has 1 saturated heterocycles. The molecule has 6 nitrogen and oxygen atoms in total. The summed E-state index contributed by atoms with van der Waals surface area (Å²) in [5, 5.41) is 0. The third kappa shape index (κ3) is 4.21. The summed E-state index contributed by atoms with van der Waals surface area (Å²) in [6.07, 6.45) is -4.61. The predicted molar refractivity (Wildman–Crippen MR) is 75.8 cm³/mol. The van der Waals surface area contributed by atoms with E-state index >= 15 is 0 Å². The van der Waals surface area contributed by atoms with Crippen molar-refractivity contribution in [3.63, 3.8) is 0 Å². The van der Waals surface area contributed by atoms with Gasteiger partial charge in [-0.3, -0.25) is 9.69 Å². The van der Waals surface area contributed by atoms with E-state index in [1.54, 1.807) is 4.90 Å². The van der Waals surface area contributed by atoms with Crippen LogP contribution in [0.25, 0.3) is 0 Å². The maximum absolute atomic E-state index is 12.7. The Morgan fingerprint density at radius 1 is 1.17 bits per heavy atom. The summed E-state index contributed by atoms with van der Waals surface area (Å²) < 4.78 is 64.1. The van der Waals surface area contributed by atoms with Crippen molar-refractivity contribution >= 4 is 15.9 Å². The lowest BCUT2D eigenvalue weighted by Gasteiger charge is -2.33. The summed E-state index contributed by atoms with van der Waals surface area (Å²) >= 11 is 0. The highest BCUT2D eigenvalue weighted by molar-refractivity contribution is 7.89. The molecule has 1 heterocycles. The first-order valence-electron chi connectivity index (χ1n) is 6.79. The summed E-state index contributed by atoms with van der Waals surface area (Å²) in [5.41, 5.74) is 4.06. The smallest absolute Gasteiger partial charge is 0.369 e. The Kier molecular flexibility index (Phi) is 4.97. The topological polar surface area (TPSA) is 83.7 Å². The number of hydrogen-bond acceptors (Lipinski definition) is 4. The van der Waals surface area contributed by atoms with Gasteiger partial charge in [-0.25, -0.2) is 8.42 Å². The molecule has 0 unspecified atom stereocenters. The van der Waals surface area contributed by atoms with Crippen LogP contribution in [0, 0.1) is 0 Å². The van der Waals surface area contributed by atoms with E-state index < -0.39 is 32.6 Å². The number of nitrogens with zero attached hydrogens (tertiary/aromatic N) is 2. The van der Waals surface area contributed by atoms with Gasteiger partial charge in [0, 0.05) is 26.2 Å². The molecule has 128 valence electrons. The Balaban J connectivity index is 2.16. The van der Waals surface area contributed by atoms with Crippen LogP contribution in [-0.2, 0) is 21.0 Å². The first-order chi connectivity index (χ1) is 10.6. The summed E-state index contributed by atoms with van der Waals surface area (Å²) in [4.78, 5) is 12.1. The van der Waals surface area contributed by atoms with Gasteiger partial charge in [0.15, 0.2) is 0 Å². The number of primary amides is 1. The van der Waals surface area contributed by atoms with Gasteiger partial charge in [-0.1, -0.05) is 6.07 Å². The van der Waals surface area contributed by atoms with Gasteiger partial charge in [0.1, 0.15) is 0 Å². The van der Waals surface area contributed by atoms with Gasteiger partial charge in [0.25, 0.3) is 0 Å². The second kappa shape index (κ2) is 6.46. The van der Waals surface area contributed by atoms with E-state index in [9.17, 15) is 26.4 Å². The minimum Gasteiger partial charge on any atom is -0.369 e. The lowest BCUT2D eigenvalue weighted by molar-refractivity contribution is -0.137. The monoisotopic (exact) mass is 351 g/mol. The Morgan fingerprint density at radius 2 is 1.78 bits per heavy atom. The molecule has 1 aromatic rings. The zero-order valence-corrected chi connectivity index (χ0v) is 12.9. The van der Waals surface area contributed by atoms with Gasteiger partial charge in [-0.05, 0) is 18.2 Å². The zero-order chi connectivity index (χ0) is 17.3. The molecule has 2 rings (SSSR count). The normalized spacial score (nSPS) is 18.0. The molecule has 1 fully saturated rings. The van der Waals surface area contributed by atoms with Crippen LogP contribution in [0.2, 0.25) is 0 Å². The van der Waals surface area contributed by atoms with Crippen molar-refractivity contribution in [2.45, 2.75) is 11.1 Å². The van der Waals surface area contributed by atoms with E-state index in [0.29, 0.717) is 19.2 Å². The van der Waals surface area contributed by atoms with E-state index in [2.05, 4.69) is 0 Å². The first-order valence-corrected chi connectivity index (χ1v) is 8.23. The molecule has 1 aromatic carbocycles. The lowest BCUT2D eigenvalue weighted by atomic mass is 10.2. The molecule has 1 aliphatic heterocycles. The second-order valence-electron chi connectivity index (χ2n) is 5.17. The average Bonchev–Trinajstić information content (AvgIpc) is 2.46. The Labute approximate surface area is 131 Å². The summed E-state index contributed by atoms with van der Waals surface area (Å²) in [7, 11) is -4.01. The average molecular weight is 351 g/mol. The van der Waals surface area contributed by atoms with Crippen LogP contribution in [0.1, 0.15) is 5.56 Å². The summed E-state index contributed by atoms with van der Waals surface area (Å²) in [5.74, 6) is -0.515. The number of piperazine rings is 1. The van der Waals surface area contributed by atoms with E-state index in [1.807, 2.05) is 0 Å². The Morgan fingerprint density at radius 3 is 2.30 bits per heavy atom. The van der Waals surface area contributed by atoms with Gasteiger partial charge in [0.05, 0.1) is 17.0 Å². The van der Waals surface area contributed by atoms with E-state index in [-0.39, 0.29) is 19.6 Å². The van der Waals surface area contributed by atoms with Crippen LogP contribution in [0.3, 0.4) is 0 Å². The highest BCUT2D eigenvalue weighted by atomic mass is 32.2. The number of amides is 1. The molecule has 23 heavy (non-hydrogen) atoms. The summed E-state index contributed by atoms with van der Waals surface area (Å²) in [6.45, 7) is 0.789. The van der Waals surface area contributed by atoms with Crippen LogP contribution >= 0.6 is 0 Å². The van der Waals surface area contributed by atoms with Crippen molar-refractivity contribution in [3.05, 3.63) is 29.8 Å². The maximum Gasteiger partial charge on any atom is 0.416 e. The first kappa shape index (κ1) is 17.7. The third-order valence-corrected chi connectivity index (χ3v) is 5.40. The molecule has 0 spiro atoms. The van der Waals surface area contributed by atoms with Gasteiger partial charge in [0.2, 0.25) is 15.9 Å². The molecule has 10 heteroatoms. The standard InChI is InChI=1S/C13H16F3N3O3S/c14-13(15,16)10-2-1-3-11(8-10)23(21,22)19-6-4-18(5-7-19)9-12(17)20/h1-3,8H,4-7,9H2,(H2,17,20). The van der Waals surface area contributed by atoms with E-state index in [4.69, 9.17) is 5.73 Å². The zero-order valence-electron chi connectivity index (χ0n) is 12.1. The van der Waals surface area contributed by atoms with Crippen molar-refractivity contribution in [2.75, 3.05) is 32.7 Å². The number of halogens is 3. The van der Waals surface area contributed by atoms with E-state index in [1.165, 1.54) is 0 Å². The minimum absolute atomic E-state index is 0.0252. The molecule has 1 amide bonds. The van der Waals surface area contributed by atoms with Crippen molar-refractivity contribution in [2.24, 2.45) is 5.73 Å². The fraction of sp³-hybridized carbons (Fsp3) is 0.462. The molecule has 1 aliphatic rings. The number of hydrogen-bond donors (Lipinski definition) is 1. The van der Waals surface area contributed by atoms with Gasteiger partial charge in [-0.15, -0.1) is 0 Å². The van der Waals surface area contributed by atoms with Gasteiger partial charge < -0.3 is 5.73 Å². The van der Waals surface area contributed by atoms with Crippen molar-refractivity contribution < 1.29 is 26.4 Å². The van der Waals surface area contributed by atoms with Crippen LogP contribution in [0.5, 0.6) is 0 Å². The molecule has 0 radical (unpaired) electrons. The van der Waals surface area contributed by atoms with Crippen molar-refractivity contribution in [1.82, 2.24) is 9.21 Å². The van der Waals surface area contributed by atoms with Crippen LogP contribution in [0.4, 0.5) is 13.2 Å². The second-order valence-corrected chi connectivity index (χ2v) is 7.11. The number of nitrogens with two attached hydrogens (primary N) is 1. The molecule has 0 atom stereocenters. The Bertz CT molecular complexity index is 683. The predicted octanol–water partition coefficient (Wildman–Crippen LogP) is 0.497. The highest BCUT2D eigenvalue weighted by Crippen LogP contribution is 2.31. The lowest BCUT2D eigenvalue weighted by Crippen LogP contribution is -2.50. The Hall–Kier alpha value is -1.65. The minimum atomic E-state index is -4.61. The van der Waals surface area contributed by atoms with Crippen LogP contribution in [0.15, 0.2) is 29.2 Å². The van der Waals surface area contributed by atoms with Crippen molar-refractivity contribution in [1.29, 1.82) is 0 Å². The van der Waals surface area contributed by atoms with E-state index in [0.717, 1.165) is 22.5 Å². The fourth-order valence-electron chi connectivity index (χ4n) is 2.33. The SMILES string of the molecule is NC(=O)CN1CCN(S(=O)(=O)c2cccc(C(F)(F)F)c2)CC1. The number of benzene rings is 1. The number of sulfonamides is 1. The largest absolute Gasteiger partial charge is 0.416 e.